The van der Waals surface area contributed by atoms with E-state index in [0.29, 0.717) is 12.8 Å². The third-order valence-electron chi connectivity index (χ3n) is 6.35. The van der Waals surface area contributed by atoms with Crippen LogP contribution in [-0.4, -0.2) is 69.4 Å². The van der Waals surface area contributed by atoms with E-state index in [-0.39, 0.29) is 12.0 Å². The van der Waals surface area contributed by atoms with Crippen LogP contribution in [0.15, 0.2) is 0 Å². The van der Waals surface area contributed by atoms with Crippen LogP contribution < -0.4 is 0 Å². The minimum absolute atomic E-state index is 0.0591. The summed E-state index contributed by atoms with van der Waals surface area (Å²) in [5, 5.41) is 0. The number of cyclic esters (lactones) is 2. The Kier molecular flexibility index (Phi) is 13.8. The second-order valence-corrected chi connectivity index (χ2v) is 11.4. The summed E-state index contributed by atoms with van der Waals surface area (Å²) in [6.07, 6.45) is 9.63. The van der Waals surface area contributed by atoms with Crippen LogP contribution in [0.25, 0.3) is 0 Å². The highest BCUT2D eigenvalue weighted by Gasteiger charge is 2.49. The molecule has 0 bridgehead atoms. The summed E-state index contributed by atoms with van der Waals surface area (Å²) >= 11 is 0. The van der Waals surface area contributed by atoms with Gasteiger partial charge in [-0.25, -0.2) is 0 Å². The predicted octanol–water partition coefficient (Wildman–Crippen LogP) is 3.82. The van der Waals surface area contributed by atoms with E-state index in [0.717, 1.165) is 51.4 Å². The van der Waals surface area contributed by atoms with Crippen LogP contribution in [0.3, 0.4) is 0 Å². The Morgan fingerprint density at radius 2 is 1.34 bits per heavy atom. The molecule has 0 N–H and O–H groups in total. The topological polar surface area (TPSA) is 98.8 Å². The summed E-state index contributed by atoms with van der Waals surface area (Å²) in [4.78, 5) is 23.4. The van der Waals surface area contributed by atoms with E-state index in [1.807, 2.05) is 0 Å². The fourth-order valence-corrected chi connectivity index (χ4v) is 7.04. The molecule has 32 heavy (non-hydrogen) atoms. The van der Waals surface area contributed by atoms with Crippen molar-refractivity contribution in [3.63, 3.8) is 0 Å². The molecule has 1 heterocycles. The number of hydrogen-bond acceptors (Lipinski definition) is 9. The van der Waals surface area contributed by atoms with Gasteiger partial charge in [-0.15, -0.1) is 0 Å². The highest BCUT2D eigenvalue weighted by Crippen LogP contribution is 2.38. The highest BCUT2D eigenvalue weighted by molar-refractivity contribution is 6.62. The van der Waals surface area contributed by atoms with Crippen molar-refractivity contribution < 1.29 is 41.8 Å². The average molecular weight is 479 g/mol. The van der Waals surface area contributed by atoms with Gasteiger partial charge in [-0.3, -0.25) is 9.59 Å². The lowest BCUT2D eigenvalue weighted by molar-refractivity contribution is -0.355. The molecule has 1 aliphatic heterocycles. The van der Waals surface area contributed by atoms with Gasteiger partial charge in [0.2, 0.25) is 0 Å². The Balaban J connectivity index is 2.39. The van der Waals surface area contributed by atoms with Crippen LogP contribution in [-0.2, 0) is 41.8 Å². The number of carbonyl (C=O) groups excluding carboxylic acids is 2. The van der Waals surface area contributed by atoms with Crippen LogP contribution in [0.2, 0.25) is 5.54 Å². The quantitative estimate of drug-likeness (QED) is 0.0902. The second kappa shape index (κ2) is 15.1. The molecular weight excluding hydrogens is 436 g/mol. The van der Waals surface area contributed by atoms with Gasteiger partial charge in [-0.1, -0.05) is 38.5 Å². The Morgan fingerprint density at radius 3 is 1.78 bits per heavy atom. The zero-order valence-corrected chi connectivity index (χ0v) is 21.6. The second-order valence-electron chi connectivity index (χ2n) is 8.15. The zero-order valence-electron chi connectivity index (χ0n) is 20.6. The van der Waals surface area contributed by atoms with Crippen LogP contribution >= 0.6 is 0 Å². The van der Waals surface area contributed by atoms with Gasteiger partial charge in [0.1, 0.15) is 0 Å². The van der Waals surface area contributed by atoms with Crippen LogP contribution in [0.1, 0.15) is 70.6 Å². The maximum atomic E-state index is 12.0. The third kappa shape index (κ3) is 8.47. The lowest BCUT2D eigenvalue weighted by atomic mass is 9.98. The highest BCUT2D eigenvalue weighted by atomic mass is 28.4. The molecule has 1 fully saturated rings. The van der Waals surface area contributed by atoms with Gasteiger partial charge in [0, 0.05) is 54.6 Å². The van der Waals surface area contributed by atoms with Gasteiger partial charge in [-0.05, 0) is 19.3 Å². The number of hydrogen-bond donors (Lipinski definition) is 0. The standard InChI is InChI=1S/C22H42O9Si/c1-25-22(26-2,27-3)15-13-11-9-7-8-10-12-14-19(32(28-4,29-5)30-6)16-18-17-20(23)31-21(18)24/h18-19H,7-17H2,1-6H3. The summed E-state index contributed by atoms with van der Waals surface area (Å²) in [5.74, 6) is -2.30. The molecular formula is C22H42O9Si. The summed E-state index contributed by atoms with van der Waals surface area (Å²) < 4.78 is 37.7. The number of ether oxygens (including phenoxy) is 4. The lowest BCUT2D eigenvalue weighted by Crippen LogP contribution is -2.48. The maximum Gasteiger partial charge on any atom is 0.503 e. The minimum Gasteiger partial charge on any atom is -0.393 e. The minimum atomic E-state index is -2.94. The molecule has 1 saturated heterocycles. The molecule has 0 saturated carbocycles. The number of unbranched alkanes of at least 4 members (excludes halogenated alkanes) is 6. The van der Waals surface area contributed by atoms with E-state index >= 15 is 0 Å². The van der Waals surface area contributed by atoms with E-state index in [9.17, 15) is 9.59 Å². The normalized spacial score (nSPS) is 18.2. The number of carbonyl (C=O) groups is 2. The molecule has 1 aliphatic rings. The first kappa shape index (κ1) is 29.1. The molecule has 0 aromatic heterocycles. The molecule has 9 nitrogen and oxygen atoms in total. The molecule has 0 aliphatic carbocycles. The van der Waals surface area contributed by atoms with Gasteiger partial charge in [-0.2, -0.15) is 0 Å². The zero-order chi connectivity index (χ0) is 24.0. The van der Waals surface area contributed by atoms with Crippen LogP contribution in [0.4, 0.5) is 0 Å². The molecule has 0 aromatic rings. The van der Waals surface area contributed by atoms with E-state index < -0.39 is 32.6 Å². The molecule has 0 radical (unpaired) electrons. The van der Waals surface area contributed by atoms with E-state index in [1.165, 1.54) is 0 Å². The maximum absolute atomic E-state index is 12.0. The van der Waals surface area contributed by atoms with E-state index in [4.69, 9.17) is 32.2 Å². The molecule has 2 atom stereocenters. The molecule has 2 unspecified atom stereocenters. The Hall–Kier alpha value is -0.883. The number of esters is 2. The van der Waals surface area contributed by atoms with Crippen molar-refractivity contribution >= 4 is 20.7 Å². The number of methoxy groups -OCH3 is 3. The Bertz CT molecular complexity index is 533. The van der Waals surface area contributed by atoms with Crippen LogP contribution in [0, 0.1) is 5.92 Å². The Labute approximate surface area is 193 Å². The van der Waals surface area contributed by atoms with Gasteiger partial charge < -0.3 is 32.2 Å². The predicted molar refractivity (Wildman–Crippen MR) is 120 cm³/mol. The molecule has 0 spiro atoms. The summed E-state index contributed by atoms with van der Waals surface area (Å²) in [5.41, 5.74) is -0.0591. The van der Waals surface area contributed by atoms with E-state index in [1.54, 1.807) is 42.7 Å². The molecule has 0 aromatic carbocycles. The van der Waals surface area contributed by atoms with Crippen molar-refractivity contribution in [1.82, 2.24) is 0 Å². The van der Waals surface area contributed by atoms with Gasteiger partial charge >= 0.3 is 20.7 Å². The lowest BCUT2D eigenvalue weighted by Gasteiger charge is -2.33. The molecule has 188 valence electrons. The third-order valence-corrected chi connectivity index (χ3v) is 9.58. The van der Waals surface area contributed by atoms with Crippen molar-refractivity contribution in [3.05, 3.63) is 0 Å². The first-order valence-electron chi connectivity index (χ1n) is 11.4. The molecule has 10 heteroatoms. The average Bonchev–Trinajstić information content (AvgIpc) is 3.13. The summed E-state index contributed by atoms with van der Waals surface area (Å²) in [7, 11) is 6.56. The first-order valence-corrected chi connectivity index (χ1v) is 13.2. The first-order chi connectivity index (χ1) is 15.4. The van der Waals surface area contributed by atoms with Gasteiger partial charge in [0.05, 0.1) is 12.3 Å². The fourth-order valence-electron chi connectivity index (χ4n) is 4.41. The fraction of sp³-hybridized carbons (Fsp3) is 0.909. The smallest absolute Gasteiger partial charge is 0.393 e. The monoisotopic (exact) mass is 478 g/mol. The van der Waals surface area contributed by atoms with Gasteiger partial charge in [0.15, 0.2) is 0 Å². The summed E-state index contributed by atoms with van der Waals surface area (Å²) in [6, 6.07) is 0. The van der Waals surface area contributed by atoms with Crippen molar-refractivity contribution in [2.45, 2.75) is 82.1 Å². The largest absolute Gasteiger partial charge is 0.503 e. The van der Waals surface area contributed by atoms with Gasteiger partial charge in [0.25, 0.3) is 5.97 Å². The van der Waals surface area contributed by atoms with Crippen molar-refractivity contribution in [3.8, 4) is 0 Å². The van der Waals surface area contributed by atoms with E-state index in [2.05, 4.69) is 0 Å². The molecule has 0 amide bonds. The number of rotatable bonds is 19. The SMILES string of the molecule is COC(CCCCCCCCCC(CC1CC(=O)OC1=O)[Si](OC)(OC)OC)(OC)OC. The summed E-state index contributed by atoms with van der Waals surface area (Å²) in [6.45, 7) is 0. The van der Waals surface area contributed by atoms with Crippen molar-refractivity contribution in [2.75, 3.05) is 42.7 Å². The van der Waals surface area contributed by atoms with Crippen LogP contribution in [0.5, 0.6) is 0 Å². The Morgan fingerprint density at radius 1 is 0.844 bits per heavy atom. The van der Waals surface area contributed by atoms with Crippen molar-refractivity contribution in [1.29, 1.82) is 0 Å². The van der Waals surface area contributed by atoms with Crippen molar-refractivity contribution in [2.24, 2.45) is 5.92 Å². The molecule has 1 rings (SSSR count).